The van der Waals surface area contributed by atoms with Gasteiger partial charge in [-0.3, -0.25) is 9.59 Å². The third kappa shape index (κ3) is 5.11. The second kappa shape index (κ2) is 10.8. The number of benzene rings is 2. The second-order valence-electron chi connectivity index (χ2n) is 9.76. The third-order valence-electron chi connectivity index (χ3n) is 6.99. The molecule has 0 bridgehead atoms. The van der Waals surface area contributed by atoms with Crippen LogP contribution < -0.4 is 20.1 Å². The van der Waals surface area contributed by atoms with E-state index in [1.807, 2.05) is 0 Å². The average molecular weight is 595 g/mol. The van der Waals surface area contributed by atoms with Crippen LogP contribution >= 0.6 is 0 Å². The van der Waals surface area contributed by atoms with Gasteiger partial charge in [-0.25, -0.2) is 18.4 Å². The zero-order valence-corrected chi connectivity index (χ0v) is 22.4. The van der Waals surface area contributed by atoms with Crippen molar-refractivity contribution in [3.63, 3.8) is 0 Å². The number of halogens is 4. The third-order valence-corrected chi connectivity index (χ3v) is 6.99. The number of alkyl halides is 2. The molecule has 0 spiro atoms. The van der Waals surface area contributed by atoms with Crippen molar-refractivity contribution in [1.82, 2.24) is 19.7 Å². The molecule has 3 N–H and O–H groups in total. The maximum atomic E-state index is 14.0. The zero-order chi connectivity index (χ0) is 30.4. The minimum absolute atomic E-state index is 0.0209. The highest BCUT2D eigenvalue weighted by molar-refractivity contribution is 6.13. The van der Waals surface area contributed by atoms with Gasteiger partial charge in [0.05, 0.1) is 35.0 Å². The van der Waals surface area contributed by atoms with Crippen molar-refractivity contribution in [1.29, 1.82) is 0 Å². The highest BCUT2D eigenvalue weighted by Crippen LogP contribution is 2.37. The van der Waals surface area contributed by atoms with Gasteiger partial charge in [-0.05, 0) is 49.2 Å². The summed E-state index contributed by atoms with van der Waals surface area (Å²) in [5.74, 6) is -3.41. The molecule has 6 rings (SSSR count). The molecule has 2 aromatic carbocycles. The number of nitrogen functional groups attached to an aromatic ring is 1. The van der Waals surface area contributed by atoms with Crippen LogP contribution in [0.4, 0.5) is 29.1 Å². The van der Waals surface area contributed by atoms with E-state index in [2.05, 4.69) is 15.1 Å². The molecule has 1 fully saturated rings. The Bertz CT molecular complexity index is 1880. The fourth-order valence-corrected chi connectivity index (χ4v) is 4.93. The Morgan fingerprint density at radius 2 is 1.86 bits per heavy atom. The number of H-pyrrole nitrogens is 1. The van der Waals surface area contributed by atoms with Gasteiger partial charge < -0.3 is 25.1 Å². The molecule has 0 unspecified atom stereocenters. The molecule has 14 heteroatoms. The van der Waals surface area contributed by atoms with Crippen LogP contribution in [-0.4, -0.2) is 44.6 Å². The monoisotopic (exact) mass is 594 g/mol. The molecule has 4 heterocycles. The van der Waals surface area contributed by atoms with Crippen molar-refractivity contribution in [2.24, 2.45) is 0 Å². The summed E-state index contributed by atoms with van der Waals surface area (Å²) in [5, 5.41) is 4.62. The highest BCUT2D eigenvalue weighted by atomic mass is 19.3. The zero-order valence-electron chi connectivity index (χ0n) is 22.4. The van der Waals surface area contributed by atoms with Crippen LogP contribution in [0.25, 0.3) is 16.6 Å². The van der Waals surface area contributed by atoms with Crippen molar-refractivity contribution in [2.45, 2.75) is 26.4 Å². The molecule has 5 aromatic rings. The molecule has 1 aliphatic rings. The lowest BCUT2D eigenvalue weighted by Gasteiger charge is -2.19. The lowest BCUT2D eigenvalue weighted by Crippen LogP contribution is -2.24. The maximum absolute atomic E-state index is 14.0. The lowest BCUT2D eigenvalue weighted by atomic mass is 10.1. The van der Waals surface area contributed by atoms with Crippen LogP contribution in [0.5, 0.6) is 17.4 Å². The van der Waals surface area contributed by atoms with Crippen molar-refractivity contribution in [3.05, 3.63) is 83.3 Å². The Morgan fingerprint density at radius 3 is 2.53 bits per heavy atom. The molecule has 10 nitrogen and oxygen atoms in total. The van der Waals surface area contributed by atoms with E-state index < -0.39 is 29.8 Å². The number of nitrogens with one attached hydrogen (secondary N) is 1. The molecule has 1 amide bonds. The van der Waals surface area contributed by atoms with Gasteiger partial charge >= 0.3 is 6.61 Å². The Labute approximate surface area is 240 Å². The number of anilines is 2. The van der Waals surface area contributed by atoms with Gasteiger partial charge in [0.15, 0.2) is 17.4 Å². The largest absolute Gasteiger partial charge is 0.433 e. The van der Waals surface area contributed by atoms with Crippen molar-refractivity contribution in [2.75, 3.05) is 17.2 Å². The number of ketones is 1. The first-order chi connectivity index (χ1) is 20.6. The number of hydrogen-bond acceptors (Lipinski definition) is 7. The SMILES string of the molecule is Cc1cc(Oc2c(F)cccc2F)ncc1-n1ncc(C(=O)c2cc3cc(OC(F)F)c(N4CCCC4=O)cc3[nH]2)c1N. The molecule has 1 saturated heterocycles. The predicted molar refractivity (Wildman–Crippen MR) is 147 cm³/mol. The number of aromatic amines is 1. The number of carbonyl (C=O) groups excluding carboxylic acids is 2. The van der Waals surface area contributed by atoms with Crippen LogP contribution in [0.1, 0.15) is 34.5 Å². The topological polar surface area (TPSA) is 128 Å². The summed E-state index contributed by atoms with van der Waals surface area (Å²) in [6, 6.07) is 9.05. The molecular formula is C29H22F4N6O4. The number of rotatable bonds is 8. The smallest absolute Gasteiger partial charge is 0.387 e. The van der Waals surface area contributed by atoms with E-state index in [4.69, 9.17) is 15.2 Å². The fraction of sp³-hybridized carbons (Fsp3) is 0.172. The van der Waals surface area contributed by atoms with Gasteiger partial charge in [-0.1, -0.05) is 6.07 Å². The Kier molecular flexibility index (Phi) is 6.96. The summed E-state index contributed by atoms with van der Waals surface area (Å²) in [7, 11) is 0. The minimum Gasteiger partial charge on any atom is -0.433 e. The van der Waals surface area contributed by atoms with Crippen molar-refractivity contribution < 1.29 is 36.6 Å². The first kappa shape index (κ1) is 27.8. The van der Waals surface area contributed by atoms with E-state index in [1.54, 1.807) is 6.92 Å². The predicted octanol–water partition coefficient (Wildman–Crippen LogP) is 5.67. The highest BCUT2D eigenvalue weighted by Gasteiger charge is 2.27. The van der Waals surface area contributed by atoms with Crippen LogP contribution in [0.3, 0.4) is 0 Å². The first-order valence-electron chi connectivity index (χ1n) is 13.0. The lowest BCUT2D eigenvalue weighted by molar-refractivity contribution is -0.117. The number of nitrogens with zero attached hydrogens (tertiary/aromatic N) is 4. The molecule has 3 aromatic heterocycles. The summed E-state index contributed by atoms with van der Waals surface area (Å²) < 4.78 is 65.5. The summed E-state index contributed by atoms with van der Waals surface area (Å²) >= 11 is 0. The number of amides is 1. The second-order valence-corrected chi connectivity index (χ2v) is 9.76. The molecule has 0 radical (unpaired) electrons. The number of aryl methyl sites for hydroxylation is 1. The van der Waals surface area contributed by atoms with Crippen molar-refractivity contribution in [3.8, 4) is 23.1 Å². The number of nitrogens with two attached hydrogens (primary N) is 1. The van der Waals surface area contributed by atoms with Gasteiger partial charge in [0.25, 0.3) is 0 Å². The molecule has 220 valence electrons. The van der Waals surface area contributed by atoms with E-state index in [9.17, 15) is 27.2 Å². The molecule has 0 atom stereocenters. The molecule has 0 aliphatic carbocycles. The Hall–Kier alpha value is -5.40. The number of para-hydroxylation sites is 1. The number of ether oxygens (including phenoxy) is 2. The van der Waals surface area contributed by atoms with Gasteiger partial charge in [-0.15, -0.1) is 0 Å². The maximum Gasteiger partial charge on any atom is 0.387 e. The number of aromatic nitrogens is 4. The summed E-state index contributed by atoms with van der Waals surface area (Å²) in [5.41, 5.74) is 7.94. The first-order valence-corrected chi connectivity index (χ1v) is 13.0. The summed E-state index contributed by atoms with van der Waals surface area (Å²) in [6.45, 7) is -1.09. The fourth-order valence-electron chi connectivity index (χ4n) is 4.93. The van der Waals surface area contributed by atoms with E-state index in [-0.39, 0.29) is 40.3 Å². The molecule has 0 saturated carbocycles. The number of fused-ring (bicyclic) bond motifs is 1. The number of hydrogen-bond donors (Lipinski definition) is 2. The van der Waals surface area contributed by atoms with Crippen molar-refractivity contribution >= 4 is 34.1 Å². The van der Waals surface area contributed by atoms with E-state index in [0.717, 1.165) is 12.1 Å². The van der Waals surface area contributed by atoms with Gasteiger partial charge in [0, 0.05) is 29.9 Å². The molecular weight excluding hydrogens is 572 g/mol. The van der Waals surface area contributed by atoms with Crippen LogP contribution in [0.15, 0.2) is 54.9 Å². The van der Waals surface area contributed by atoms with E-state index in [0.29, 0.717) is 41.5 Å². The number of pyridine rings is 1. The van der Waals surface area contributed by atoms with Crippen LogP contribution in [0.2, 0.25) is 0 Å². The van der Waals surface area contributed by atoms with Gasteiger partial charge in [0.2, 0.25) is 23.3 Å². The molecule has 1 aliphatic heterocycles. The summed E-state index contributed by atoms with van der Waals surface area (Å²) in [6.07, 6.45) is 3.47. The van der Waals surface area contributed by atoms with Gasteiger partial charge in [0.1, 0.15) is 5.82 Å². The van der Waals surface area contributed by atoms with Crippen LogP contribution in [-0.2, 0) is 4.79 Å². The quantitative estimate of drug-likeness (QED) is 0.175. The van der Waals surface area contributed by atoms with E-state index >= 15 is 0 Å². The Morgan fingerprint density at radius 1 is 1.09 bits per heavy atom. The minimum atomic E-state index is -3.11. The van der Waals surface area contributed by atoms with Gasteiger partial charge in [-0.2, -0.15) is 13.9 Å². The summed E-state index contributed by atoms with van der Waals surface area (Å²) in [4.78, 5) is 34.2. The normalized spacial score (nSPS) is 13.3. The standard InChI is InChI=1S/C29H22F4N6O4/c1-14-8-24(43-27-17(30)4-2-5-18(27)31)35-13-22(14)39-28(34)16(12-36-39)26(41)20-9-15-10-23(42-29(32)33)21(11-19(15)37-20)38-7-3-6-25(38)40/h2,4-5,8-13,29,37H,3,6-7,34H2,1H3. The molecule has 43 heavy (non-hydrogen) atoms. The average Bonchev–Trinajstić information content (AvgIpc) is 3.68. The van der Waals surface area contributed by atoms with E-state index in [1.165, 1.54) is 52.3 Å². The van der Waals surface area contributed by atoms with Crippen LogP contribution in [0, 0.1) is 18.6 Å². The Balaban J connectivity index is 1.30. The number of carbonyl (C=O) groups is 2.